The highest BCUT2D eigenvalue weighted by atomic mass is 16.6. The van der Waals surface area contributed by atoms with Gasteiger partial charge < -0.3 is 18.9 Å². The second kappa shape index (κ2) is 7.38. The minimum Gasteiger partial charge on any atom is -0.497 e. The molecule has 0 saturated carbocycles. The molecule has 0 bridgehead atoms. The molecule has 138 valence electrons. The summed E-state index contributed by atoms with van der Waals surface area (Å²) < 4.78 is 22.1. The normalized spacial score (nSPS) is 22.1. The Morgan fingerprint density at radius 3 is 2.62 bits per heavy atom. The summed E-state index contributed by atoms with van der Waals surface area (Å²) in [6.45, 7) is 2.39. The predicted octanol–water partition coefficient (Wildman–Crippen LogP) is 3.58. The van der Waals surface area contributed by atoms with Crippen molar-refractivity contribution in [3.63, 3.8) is 0 Å². The first-order valence-corrected chi connectivity index (χ1v) is 8.55. The van der Waals surface area contributed by atoms with Gasteiger partial charge in [-0.2, -0.15) is 0 Å². The second-order valence-electron chi connectivity index (χ2n) is 6.51. The van der Waals surface area contributed by atoms with E-state index in [1.54, 1.807) is 14.2 Å². The van der Waals surface area contributed by atoms with E-state index in [1.807, 2.05) is 49.4 Å². The summed E-state index contributed by atoms with van der Waals surface area (Å²) in [5, 5.41) is 0. The van der Waals surface area contributed by atoms with E-state index in [9.17, 15) is 4.79 Å². The van der Waals surface area contributed by atoms with Crippen LogP contribution in [-0.2, 0) is 19.9 Å². The maximum Gasteiger partial charge on any atom is 0.343 e. The number of carbonyl (C=O) groups is 1. The molecule has 0 spiro atoms. The average molecular weight is 356 g/mol. The van der Waals surface area contributed by atoms with E-state index >= 15 is 0 Å². The highest BCUT2D eigenvalue weighted by Gasteiger charge is 2.51. The molecule has 1 heterocycles. The minimum atomic E-state index is -1.18. The lowest BCUT2D eigenvalue weighted by molar-refractivity contribution is -0.165. The smallest absolute Gasteiger partial charge is 0.343 e. The molecule has 1 saturated heterocycles. The van der Waals surface area contributed by atoms with Gasteiger partial charge in [-0.1, -0.05) is 23.8 Å². The molecule has 1 fully saturated rings. The van der Waals surface area contributed by atoms with Crippen molar-refractivity contribution in [2.45, 2.75) is 24.9 Å². The second-order valence-corrected chi connectivity index (χ2v) is 6.51. The van der Waals surface area contributed by atoms with Crippen molar-refractivity contribution in [3.8, 4) is 11.5 Å². The van der Waals surface area contributed by atoms with Gasteiger partial charge in [-0.3, -0.25) is 0 Å². The third kappa shape index (κ3) is 3.15. The van der Waals surface area contributed by atoms with E-state index in [2.05, 4.69) is 0 Å². The number of carbonyl (C=O) groups excluding carboxylic acids is 1. The third-order valence-corrected chi connectivity index (χ3v) is 4.94. The van der Waals surface area contributed by atoms with Gasteiger partial charge in [0.15, 0.2) is 5.60 Å². The van der Waals surface area contributed by atoms with Crippen LogP contribution < -0.4 is 9.47 Å². The van der Waals surface area contributed by atoms with Crippen molar-refractivity contribution in [1.82, 2.24) is 0 Å². The fourth-order valence-corrected chi connectivity index (χ4v) is 3.56. The van der Waals surface area contributed by atoms with Gasteiger partial charge in [0.05, 0.1) is 27.9 Å². The molecule has 0 radical (unpaired) electrons. The molecule has 3 rings (SSSR count). The number of hydrogen-bond donors (Lipinski definition) is 0. The van der Waals surface area contributed by atoms with E-state index < -0.39 is 11.6 Å². The maximum absolute atomic E-state index is 12.8. The van der Waals surface area contributed by atoms with Gasteiger partial charge in [0.2, 0.25) is 0 Å². The summed E-state index contributed by atoms with van der Waals surface area (Å²) in [6.07, 6.45) is 0.479. The minimum absolute atomic E-state index is 0.0504. The number of methoxy groups -OCH3 is 3. The molecule has 5 heteroatoms. The Morgan fingerprint density at radius 1 is 1.12 bits per heavy atom. The highest BCUT2D eigenvalue weighted by Crippen LogP contribution is 2.47. The van der Waals surface area contributed by atoms with Gasteiger partial charge in [0, 0.05) is 17.9 Å². The van der Waals surface area contributed by atoms with Crippen molar-refractivity contribution in [2.75, 3.05) is 27.9 Å². The van der Waals surface area contributed by atoms with Crippen LogP contribution in [0.3, 0.4) is 0 Å². The van der Waals surface area contributed by atoms with Gasteiger partial charge in [-0.25, -0.2) is 4.79 Å². The van der Waals surface area contributed by atoms with Crippen LogP contribution in [0.15, 0.2) is 42.5 Å². The van der Waals surface area contributed by atoms with Gasteiger partial charge in [-0.15, -0.1) is 0 Å². The molecular formula is C21H24O5. The molecule has 0 aliphatic carbocycles. The van der Waals surface area contributed by atoms with E-state index in [-0.39, 0.29) is 5.92 Å². The molecule has 0 N–H and O–H groups in total. The topological polar surface area (TPSA) is 54.0 Å². The van der Waals surface area contributed by atoms with E-state index in [0.29, 0.717) is 24.3 Å². The standard InChI is InChI=1S/C21H24O5/c1-14-8-9-19(24-3)18(10-14)21(20(22)25-4)12-16(13-26-21)15-6-5-7-17(11-15)23-2/h5-11,16H,12-13H2,1-4H3/t16-,21?/m1/s1. The first-order valence-electron chi connectivity index (χ1n) is 8.55. The van der Waals surface area contributed by atoms with Gasteiger partial charge >= 0.3 is 5.97 Å². The number of hydrogen-bond acceptors (Lipinski definition) is 5. The molecular weight excluding hydrogens is 332 g/mol. The van der Waals surface area contributed by atoms with Gasteiger partial charge in [-0.05, 0) is 36.8 Å². The summed E-state index contributed by atoms with van der Waals surface area (Å²) in [6, 6.07) is 13.6. The third-order valence-electron chi connectivity index (χ3n) is 4.94. The largest absolute Gasteiger partial charge is 0.497 e. The predicted molar refractivity (Wildman–Crippen MR) is 97.7 cm³/mol. The SMILES string of the molecule is COC(=O)C1(c2cc(C)ccc2OC)C[C@@H](c2cccc(OC)c2)CO1. The van der Waals surface area contributed by atoms with Crippen molar-refractivity contribution in [3.05, 3.63) is 59.2 Å². The van der Waals surface area contributed by atoms with Crippen LogP contribution in [0.1, 0.15) is 29.0 Å². The summed E-state index contributed by atoms with van der Waals surface area (Å²) >= 11 is 0. The quantitative estimate of drug-likeness (QED) is 0.767. The number of esters is 1. The Morgan fingerprint density at radius 2 is 1.92 bits per heavy atom. The molecule has 1 unspecified atom stereocenters. The number of rotatable bonds is 5. The lowest BCUT2D eigenvalue weighted by Crippen LogP contribution is -2.36. The first kappa shape index (κ1) is 18.3. The Hall–Kier alpha value is -2.53. The highest BCUT2D eigenvalue weighted by molar-refractivity contribution is 5.83. The maximum atomic E-state index is 12.8. The fourth-order valence-electron chi connectivity index (χ4n) is 3.56. The zero-order valence-electron chi connectivity index (χ0n) is 15.6. The van der Waals surface area contributed by atoms with Crippen LogP contribution in [0, 0.1) is 6.92 Å². The van der Waals surface area contributed by atoms with Crippen LogP contribution in [0.4, 0.5) is 0 Å². The zero-order chi connectivity index (χ0) is 18.7. The lowest BCUT2D eigenvalue weighted by atomic mass is 9.83. The fraction of sp³-hybridized carbons (Fsp3) is 0.381. The number of aryl methyl sites for hydroxylation is 1. The first-order chi connectivity index (χ1) is 12.5. The molecule has 0 amide bonds. The molecule has 26 heavy (non-hydrogen) atoms. The summed E-state index contributed by atoms with van der Waals surface area (Å²) in [5.74, 6) is 1.04. The van der Waals surface area contributed by atoms with Crippen molar-refractivity contribution in [1.29, 1.82) is 0 Å². The van der Waals surface area contributed by atoms with Crippen LogP contribution in [-0.4, -0.2) is 33.9 Å². The van der Waals surface area contributed by atoms with Crippen molar-refractivity contribution >= 4 is 5.97 Å². The average Bonchev–Trinajstić information content (AvgIpc) is 3.14. The zero-order valence-corrected chi connectivity index (χ0v) is 15.6. The van der Waals surface area contributed by atoms with Crippen LogP contribution in [0.2, 0.25) is 0 Å². The van der Waals surface area contributed by atoms with Gasteiger partial charge in [0.25, 0.3) is 0 Å². The Balaban J connectivity index is 2.03. The molecule has 0 aromatic heterocycles. The van der Waals surface area contributed by atoms with E-state index in [1.165, 1.54) is 7.11 Å². The molecule has 2 atom stereocenters. The van der Waals surface area contributed by atoms with Crippen LogP contribution in [0.25, 0.3) is 0 Å². The van der Waals surface area contributed by atoms with Crippen LogP contribution in [0.5, 0.6) is 11.5 Å². The molecule has 1 aliphatic rings. The lowest BCUT2D eigenvalue weighted by Gasteiger charge is -2.28. The summed E-state index contributed by atoms with van der Waals surface area (Å²) in [4.78, 5) is 12.8. The number of benzene rings is 2. The monoisotopic (exact) mass is 356 g/mol. The molecule has 2 aromatic rings. The van der Waals surface area contributed by atoms with E-state index in [4.69, 9.17) is 18.9 Å². The van der Waals surface area contributed by atoms with E-state index in [0.717, 1.165) is 16.9 Å². The Labute approximate surface area is 153 Å². The molecule has 1 aliphatic heterocycles. The molecule has 5 nitrogen and oxygen atoms in total. The van der Waals surface area contributed by atoms with Gasteiger partial charge in [0.1, 0.15) is 11.5 Å². The van der Waals surface area contributed by atoms with Crippen molar-refractivity contribution in [2.24, 2.45) is 0 Å². The Bertz CT molecular complexity index is 801. The Kier molecular flexibility index (Phi) is 5.18. The number of ether oxygens (including phenoxy) is 4. The van der Waals surface area contributed by atoms with Crippen LogP contribution >= 0.6 is 0 Å². The summed E-state index contributed by atoms with van der Waals surface area (Å²) in [7, 11) is 4.61. The van der Waals surface area contributed by atoms with Crippen molar-refractivity contribution < 1.29 is 23.7 Å². The molecule has 2 aromatic carbocycles. The summed E-state index contributed by atoms with van der Waals surface area (Å²) in [5.41, 5.74) is 1.62.